The van der Waals surface area contributed by atoms with Crippen molar-refractivity contribution in [1.29, 1.82) is 0 Å². The van der Waals surface area contributed by atoms with Gasteiger partial charge in [0, 0.05) is 37.0 Å². The van der Waals surface area contributed by atoms with E-state index in [0.717, 1.165) is 15.3 Å². The van der Waals surface area contributed by atoms with E-state index in [-0.39, 0.29) is 39.5 Å². The first-order valence-electron chi connectivity index (χ1n) is 8.70. The topological polar surface area (TPSA) is 107 Å². The van der Waals surface area contributed by atoms with Gasteiger partial charge in [-0.3, -0.25) is 23.7 Å². The molecule has 2 aromatic carbocycles. The van der Waals surface area contributed by atoms with Crippen molar-refractivity contribution >= 4 is 23.2 Å². The van der Waals surface area contributed by atoms with Crippen molar-refractivity contribution in [2.24, 2.45) is 14.1 Å². The highest BCUT2D eigenvalue weighted by Gasteiger charge is 2.32. The molecule has 1 aliphatic rings. The number of hydrogen-bond donors (Lipinski definition) is 1. The molecule has 0 fully saturated rings. The quantitative estimate of drug-likeness (QED) is 0.553. The monoisotopic (exact) mass is 389 g/mol. The van der Waals surface area contributed by atoms with Gasteiger partial charge in [0.2, 0.25) is 0 Å². The van der Waals surface area contributed by atoms with Crippen LogP contribution in [0, 0.1) is 0 Å². The van der Waals surface area contributed by atoms with Crippen LogP contribution in [0.1, 0.15) is 42.2 Å². The molecule has 1 aromatic heterocycles. The van der Waals surface area contributed by atoms with Crippen LogP contribution in [0.15, 0.2) is 58.3 Å². The second-order valence-corrected chi connectivity index (χ2v) is 6.69. The zero-order chi connectivity index (χ0) is 20.9. The van der Waals surface area contributed by atoms with Gasteiger partial charge in [0.15, 0.2) is 11.6 Å². The van der Waals surface area contributed by atoms with E-state index in [1.54, 1.807) is 30.3 Å². The summed E-state index contributed by atoms with van der Waals surface area (Å²) in [5.41, 5.74) is -0.654. The van der Waals surface area contributed by atoms with Crippen LogP contribution >= 0.6 is 0 Å². The summed E-state index contributed by atoms with van der Waals surface area (Å²) in [6.07, 6.45) is 1.14. The Balaban J connectivity index is 1.81. The Hall–Kier alpha value is -4.07. The summed E-state index contributed by atoms with van der Waals surface area (Å²) >= 11 is 0. The molecule has 1 N–H and O–H groups in total. The summed E-state index contributed by atoms with van der Waals surface area (Å²) in [4.78, 5) is 62.6. The first kappa shape index (κ1) is 18.3. The van der Waals surface area contributed by atoms with E-state index < -0.39 is 17.2 Å². The average Bonchev–Trinajstić information content (AvgIpc) is 2.73. The average molecular weight is 389 g/mol. The van der Waals surface area contributed by atoms with Crippen LogP contribution in [0.25, 0.3) is 0 Å². The molecular weight excluding hydrogens is 374 g/mol. The van der Waals surface area contributed by atoms with E-state index in [4.69, 9.17) is 0 Å². The molecule has 3 aromatic rings. The fraction of sp³-hybridized carbons (Fsp3) is 0.0952. The highest BCUT2D eigenvalue weighted by Crippen LogP contribution is 2.32. The third-order valence-corrected chi connectivity index (χ3v) is 4.89. The van der Waals surface area contributed by atoms with Gasteiger partial charge in [-0.2, -0.15) is 0 Å². The lowest BCUT2D eigenvalue weighted by Gasteiger charge is -2.20. The van der Waals surface area contributed by atoms with Gasteiger partial charge < -0.3 is 9.88 Å². The molecule has 0 saturated heterocycles. The molecular formula is C21H15N3O5. The van der Waals surface area contributed by atoms with E-state index >= 15 is 0 Å². The number of aryl methyl sites for hydroxylation is 1. The van der Waals surface area contributed by atoms with Gasteiger partial charge in [-0.05, 0) is 6.07 Å². The zero-order valence-corrected chi connectivity index (χ0v) is 15.6. The van der Waals surface area contributed by atoms with Crippen molar-refractivity contribution < 1.29 is 14.4 Å². The molecule has 0 unspecified atom stereocenters. The Bertz CT molecular complexity index is 1350. The lowest BCUT2D eigenvalue weighted by atomic mass is 9.83. The maximum absolute atomic E-state index is 13.0. The van der Waals surface area contributed by atoms with Gasteiger partial charge in [0.1, 0.15) is 5.56 Å². The van der Waals surface area contributed by atoms with Gasteiger partial charge in [-0.15, -0.1) is 0 Å². The smallest absolute Gasteiger partial charge is 0.321 e. The number of nitrogens with one attached hydrogen (secondary N) is 1. The predicted octanol–water partition coefficient (Wildman–Crippen LogP) is 1.11. The molecule has 8 nitrogen and oxygen atoms in total. The van der Waals surface area contributed by atoms with Crippen LogP contribution in [0.4, 0.5) is 5.69 Å². The van der Waals surface area contributed by atoms with Gasteiger partial charge in [0.25, 0.3) is 11.5 Å². The molecule has 29 heavy (non-hydrogen) atoms. The number of amides is 1. The van der Waals surface area contributed by atoms with Crippen molar-refractivity contribution in [2.45, 2.75) is 0 Å². The van der Waals surface area contributed by atoms with E-state index in [1.807, 2.05) is 0 Å². The van der Waals surface area contributed by atoms with Gasteiger partial charge >= 0.3 is 5.69 Å². The van der Waals surface area contributed by atoms with Crippen LogP contribution in [0.2, 0.25) is 0 Å². The number of benzene rings is 2. The van der Waals surface area contributed by atoms with Crippen molar-refractivity contribution in [1.82, 2.24) is 9.13 Å². The molecule has 0 aliphatic heterocycles. The molecule has 0 saturated carbocycles. The maximum Gasteiger partial charge on any atom is 0.330 e. The fourth-order valence-electron chi connectivity index (χ4n) is 3.40. The van der Waals surface area contributed by atoms with Gasteiger partial charge in [-0.25, -0.2) is 4.79 Å². The van der Waals surface area contributed by atoms with Gasteiger partial charge in [-0.1, -0.05) is 36.4 Å². The van der Waals surface area contributed by atoms with Crippen LogP contribution in [-0.4, -0.2) is 26.6 Å². The highest BCUT2D eigenvalue weighted by atomic mass is 16.2. The minimum Gasteiger partial charge on any atom is -0.321 e. The third-order valence-electron chi connectivity index (χ3n) is 4.89. The Morgan fingerprint density at radius 1 is 0.828 bits per heavy atom. The molecule has 0 atom stereocenters. The van der Waals surface area contributed by atoms with Crippen LogP contribution in [0.5, 0.6) is 0 Å². The Morgan fingerprint density at radius 2 is 1.45 bits per heavy atom. The molecule has 1 aliphatic carbocycles. The second kappa shape index (κ2) is 6.52. The largest absolute Gasteiger partial charge is 0.330 e. The number of ketones is 2. The normalized spacial score (nSPS) is 12.3. The lowest BCUT2D eigenvalue weighted by Crippen LogP contribution is -2.40. The maximum atomic E-state index is 13.0. The van der Waals surface area contributed by atoms with Crippen LogP contribution < -0.4 is 16.6 Å². The van der Waals surface area contributed by atoms with Crippen molar-refractivity contribution in [3.63, 3.8) is 0 Å². The molecule has 0 bridgehead atoms. The Labute approximate surface area is 164 Å². The summed E-state index contributed by atoms with van der Waals surface area (Å²) in [5.74, 6) is -1.49. The first-order valence-corrected chi connectivity index (χ1v) is 8.70. The standard InChI is InChI=1S/C21H15N3O5/c1-23-10-14(20(28)24(2)21(23)29)19(27)22-15-9-5-8-13-16(15)18(26)12-7-4-3-6-11(12)17(13)25/h3-10H,1-2H3,(H,22,27). The molecule has 144 valence electrons. The number of rotatable bonds is 2. The second-order valence-electron chi connectivity index (χ2n) is 6.69. The number of nitrogens with zero attached hydrogens (tertiary/aromatic N) is 2. The van der Waals surface area contributed by atoms with E-state index in [9.17, 15) is 24.0 Å². The van der Waals surface area contributed by atoms with Crippen LogP contribution in [0.3, 0.4) is 0 Å². The third kappa shape index (κ3) is 2.73. The van der Waals surface area contributed by atoms with E-state index in [2.05, 4.69) is 5.32 Å². The SMILES string of the molecule is Cn1cc(C(=O)Nc2cccc3c2C(=O)c2ccccc2C3=O)c(=O)n(C)c1=O. The predicted molar refractivity (Wildman–Crippen MR) is 105 cm³/mol. The van der Waals surface area contributed by atoms with E-state index in [0.29, 0.717) is 5.56 Å². The minimum absolute atomic E-state index is 0.0752. The number of carbonyl (C=O) groups is 3. The van der Waals surface area contributed by atoms with E-state index in [1.165, 1.54) is 26.2 Å². The number of anilines is 1. The number of hydrogen-bond acceptors (Lipinski definition) is 5. The molecule has 1 heterocycles. The van der Waals surface area contributed by atoms with Gasteiger partial charge in [0.05, 0.1) is 11.3 Å². The number of aromatic nitrogens is 2. The lowest BCUT2D eigenvalue weighted by molar-refractivity contribution is 0.0978. The number of fused-ring (bicyclic) bond motifs is 2. The number of carbonyl (C=O) groups excluding carboxylic acids is 3. The first-order chi connectivity index (χ1) is 13.8. The summed E-state index contributed by atoms with van der Waals surface area (Å²) < 4.78 is 1.93. The molecule has 1 amide bonds. The van der Waals surface area contributed by atoms with Crippen molar-refractivity contribution in [3.8, 4) is 0 Å². The summed E-state index contributed by atoms with van der Waals surface area (Å²) in [7, 11) is 2.69. The molecule has 4 rings (SSSR count). The molecule has 8 heteroatoms. The minimum atomic E-state index is -0.784. The molecule has 0 spiro atoms. The van der Waals surface area contributed by atoms with Crippen LogP contribution in [-0.2, 0) is 14.1 Å². The summed E-state index contributed by atoms with van der Waals surface area (Å²) in [6, 6.07) is 11.0. The van der Waals surface area contributed by atoms with Crippen molar-refractivity contribution in [3.05, 3.63) is 97.3 Å². The summed E-state index contributed by atoms with van der Waals surface area (Å²) in [5, 5.41) is 2.54. The highest BCUT2D eigenvalue weighted by molar-refractivity contribution is 6.30. The Kier molecular flexibility index (Phi) is 4.11. The summed E-state index contributed by atoms with van der Waals surface area (Å²) in [6.45, 7) is 0. The fourth-order valence-corrected chi connectivity index (χ4v) is 3.40. The zero-order valence-electron chi connectivity index (χ0n) is 15.6. The Morgan fingerprint density at radius 3 is 2.14 bits per heavy atom. The molecule has 0 radical (unpaired) electrons. The van der Waals surface area contributed by atoms with Crippen molar-refractivity contribution in [2.75, 3.05) is 5.32 Å².